The molecule has 3 aromatic rings. The van der Waals surface area contributed by atoms with Gasteiger partial charge in [0.1, 0.15) is 17.4 Å². The molecule has 2 aromatic carbocycles. The lowest BCUT2D eigenvalue weighted by atomic mass is 10.2. The number of halogens is 1. The standard InChI is InChI=1S/C19H20FN5O3S2/c1-13-8-10-14(11-9-13)18-22-23-19(29-18)21-17(26)12-25(30(27,28)24(2)3)16-7-5-4-6-15(16)20/h4-11H,12H2,1-3H3,(H,21,23,26). The van der Waals surface area contributed by atoms with Crippen molar-refractivity contribution in [2.45, 2.75) is 6.92 Å². The molecule has 0 radical (unpaired) electrons. The fourth-order valence-electron chi connectivity index (χ4n) is 2.52. The summed E-state index contributed by atoms with van der Waals surface area (Å²) in [6, 6.07) is 13.0. The fourth-order valence-corrected chi connectivity index (χ4v) is 4.35. The van der Waals surface area contributed by atoms with E-state index in [1.807, 2.05) is 31.2 Å². The van der Waals surface area contributed by atoms with Crippen LogP contribution in [0.5, 0.6) is 0 Å². The van der Waals surface area contributed by atoms with Gasteiger partial charge in [0, 0.05) is 19.7 Å². The molecule has 0 atom stereocenters. The molecule has 1 N–H and O–H groups in total. The summed E-state index contributed by atoms with van der Waals surface area (Å²) in [7, 11) is -1.50. The van der Waals surface area contributed by atoms with E-state index >= 15 is 0 Å². The Morgan fingerprint density at radius 3 is 2.40 bits per heavy atom. The van der Waals surface area contributed by atoms with Gasteiger partial charge in [-0.1, -0.05) is 53.3 Å². The Bertz CT molecular complexity index is 1150. The van der Waals surface area contributed by atoms with Crippen LogP contribution in [0.1, 0.15) is 5.56 Å². The van der Waals surface area contributed by atoms with Gasteiger partial charge in [0.15, 0.2) is 0 Å². The normalized spacial score (nSPS) is 11.5. The third kappa shape index (κ3) is 4.81. The first-order valence-electron chi connectivity index (χ1n) is 8.83. The largest absolute Gasteiger partial charge is 0.304 e. The van der Waals surface area contributed by atoms with E-state index in [2.05, 4.69) is 15.5 Å². The zero-order valence-electron chi connectivity index (χ0n) is 16.5. The smallest absolute Gasteiger partial charge is 0.299 e. The summed E-state index contributed by atoms with van der Waals surface area (Å²) in [5.74, 6) is -1.43. The lowest BCUT2D eigenvalue weighted by Crippen LogP contribution is -2.44. The molecule has 0 aliphatic rings. The minimum atomic E-state index is -4.11. The number of carbonyl (C=O) groups excluding carboxylic acids is 1. The quantitative estimate of drug-likeness (QED) is 0.598. The maximum Gasteiger partial charge on any atom is 0.304 e. The van der Waals surface area contributed by atoms with Gasteiger partial charge in [0.2, 0.25) is 11.0 Å². The van der Waals surface area contributed by atoms with Crippen molar-refractivity contribution < 1.29 is 17.6 Å². The maximum absolute atomic E-state index is 14.3. The summed E-state index contributed by atoms with van der Waals surface area (Å²) < 4.78 is 41.2. The van der Waals surface area contributed by atoms with Crippen LogP contribution >= 0.6 is 11.3 Å². The van der Waals surface area contributed by atoms with Crippen LogP contribution in [0.4, 0.5) is 15.2 Å². The van der Waals surface area contributed by atoms with E-state index in [9.17, 15) is 17.6 Å². The number of carbonyl (C=O) groups is 1. The molecule has 158 valence electrons. The monoisotopic (exact) mass is 449 g/mol. The van der Waals surface area contributed by atoms with Crippen molar-refractivity contribution in [2.75, 3.05) is 30.3 Å². The van der Waals surface area contributed by atoms with Gasteiger partial charge in [-0.15, -0.1) is 10.2 Å². The first-order chi connectivity index (χ1) is 14.2. The van der Waals surface area contributed by atoms with Crippen molar-refractivity contribution in [3.8, 4) is 10.6 Å². The molecule has 1 amide bonds. The number of anilines is 2. The molecule has 0 bridgehead atoms. The number of rotatable bonds is 7. The number of hydrogen-bond donors (Lipinski definition) is 1. The first kappa shape index (κ1) is 21.8. The number of hydrogen-bond acceptors (Lipinski definition) is 6. The van der Waals surface area contributed by atoms with Crippen molar-refractivity contribution in [1.82, 2.24) is 14.5 Å². The topological polar surface area (TPSA) is 95.5 Å². The summed E-state index contributed by atoms with van der Waals surface area (Å²) in [6.07, 6.45) is 0. The zero-order valence-corrected chi connectivity index (χ0v) is 18.2. The van der Waals surface area contributed by atoms with Crippen LogP contribution in [0, 0.1) is 12.7 Å². The van der Waals surface area contributed by atoms with Gasteiger partial charge < -0.3 is 0 Å². The minimum Gasteiger partial charge on any atom is -0.299 e. The minimum absolute atomic E-state index is 0.214. The average molecular weight is 450 g/mol. The molecule has 1 aromatic heterocycles. The lowest BCUT2D eigenvalue weighted by Gasteiger charge is -2.26. The molecule has 0 fully saturated rings. The van der Waals surface area contributed by atoms with Crippen molar-refractivity contribution in [3.63, 3.8) is 0 Å². The number of para-hydroxylation sites is 1. The van der Waals surface area contributed by atoms with E-state index in [0.717, 1.165) is 32.8 Å². The van der Waals surface area contributed by atoms with E-state index < -0.39 is 28.5 Å². The Morgan fingerprint density at radius 2 is 1.77 bits per heavy atom. The highest BCUT2D eigenvalue weighted by molar-refractivity contribution is 7.90. The zero-order chi connectivity index (χ0) is 21.9. The molecule has 1 heterocycles. The molecule has 3 rings (SSSR count). The van der Waals surface area contributed by atoms with E-state index in [1.165, 1.54) is 32.3 Å². The van der Waals surface area contributed by atoms with Crippen LogP contribution in [0.15, 0.2) is 48.5 Å². The number of amides is 1. The predicted molar refractivity (Wildman–Crippen MR) is 115 cm³/mol. The Morgan fingerprint density at radius 1 is 1.10 bits per heavy atom. The van der Waals surface area contributed by atoms with Crippen molar-refractivity contribution in [3.05, 3.63) is 59.9 Å². The maximum atomic E-state index is 14.3. The fraction of sp³-hybridized carbons (Fsp3) is 0.211. The van der Waals surface area contributed by atoms with Crippen LogP contribution in [0.2, 0.25) is 0 Å². The Balaban J connectivity index is 1.80. The average Bonchev–Trinajstić information content (AvgIpc) is 3.15. The van der Waals surface area contributed by atoms with Crippen molar-refractivity contribution in [2.24, 2.45) is 0 Å². The summed E-state index contributed by atoms with van der Waals surface area (Å²) in [4.78, 5) is 12.5. The van der Waals surface area contributed by atoms with Crippen molar-refractivity contribution >= 4 is 38.3 Å². The third-order valence-electron chi connectivity index (χ3n) is 4.12. The number of nitrogens with one attached hydrogen (secondary N) is 1. The van der Waals surface area contributed by atoms with E-state index in [-0.39, 0.29) is 10.8 Å². The van der Waals surface area contributed by atoms with Crippen LogP contribution < -0.4 is 9.62 Å². The van der Waals surface area contributed by atoms with Gasteiger partial charge in [-0.3, -0.25) is 10.1 Å². The molecule has 0 saturated heterocycles. The van der Waals surface area contributed by atoms with Gasteiger partial charge in [-0.2, -0.15) is 12.7 Å². The number of benzene rings is 2. The van der Waals surface area contributed by atoms with E-state index in [4.69, 9.17) is 0 Å². The Labute approximate surface area is 178 Å². The molecular formula is C19H20FN5O3S2. The highest BCUT2D eigenvalue weighted by Crippen LogP contribution is 2.27. The van der Waals surface area contributed by atoms with E-state index in [0.29, 0.717) is 9.31 Å². The second kappa shape index (κ2) is 8.86. The highest BCUT2D eigenvalue weighted by Gasteiger charge is 2.29. The number of aromatic nitrogens is 2. The first-order valence-corrected chi connectivity index (χ1v) is 11.0. The van der Waals surface area contributed by atoms with Gasteiger partial charge in [-0.25, -0.2) is 8.70 Å². The van der Waals surface area contributed by atoms with E-state index in [1.54, 1.807) is 0 Å². The Hall–Kier alpha value is -2.89. The van der Waals surface area contributed by atoms with Gasteiger partial charge in [0.05, 0.1) is 5.69 Å². The second-order valence-corrected chi connectivity index (χ2v) is 9.62. The highest BCUT2D eigenvalue weighted by atomic mass is 32.2. The van der Waals surface area contributed by atoms with Crippen molar-refractivity contribution in [1.29, 1.82) is 0 Å². The predicted octanol–water partition coefficient (Wildman–Crippen LogP) is 2.90. The molecule has 30 heavy (non-hydrogen) atoms. The molecule has 0 aliphatic carbocycles. The molecule has 0 unspecified atom stereocenters. The van der Waals surface area contributed by atoms with Crippen LogP contribution in [0.25, 0.3) is 10.6 Å². The molecule has 0 aliphatic heterocycles. The summed E-state index contributed by atoms with van der Waals surface area (Å²) >= 11 is 1.15. The number of aryl methyl sites for hydroxylation is 1. The second-order valence-electron chi connectivity index (χ2n) is 6.57. The summed E-state index contributed by atoms with van der Waals surface area (Å²) in [5.41, 5.74) is 1.73. The van der Waals surface area contributed by atoms with Gasteiger partial charge in [0.25, 0.3) is 0 Å². The molecular weight excluding hydrogens is 429 g/mol. The lowest BCUT2D eigenvalue weighted by molar-refractivity contribution is -0.114. The molecule has 0 spiro atoms. The van der Waals surface area contributed by atoms with Gasteiger partial charge >= 0.3 is 10.2 Å². The molecule has 0 saturated carbocycles. The third-order valence-corrected chi connectivity index (χ3v) is 6.81. The molecule has 11 heteroatoms. The Kier molecular flexibility index (Phi) is 6.44. The summed E-state index contributed by atoms with van der Waals surface area (Å²) in [5, 5.41) is 11.3. The molecule has 8 nitrogen and oxygen atoms in total. The van der Waals surface area contributed by atoms with Crippen LogP contribution in [-0.4, -0.2) is 49.5 Å². The number of nitrogens with zero attached hydrogens (tertiary/aromatic N) is 4. The van der Waals surface area contributed by atoms with Gasteiger partial charge in [-0.05, 0) is 19.1 Å². The van der Waals surface area contributed by atoms with Crippen LogP contribution in [0.3, 0.4) is 0 Å². The summed E-state index contributed by atoms with van der Waals surface area (Å²) in [6.45, 7) is 1.35. The van der Waals surface area contributed by atoms with Crippen LogP contribution in [-0.2, 0) is 15.0 Å². The SMILES string of the molecule is Cc1ccc(-c2nnc(NC(=O)CN(c3ccccc3F)S(=O)(=O)N(C)C)s2)cc1.